The van der Waals surface area contributed by atoms with E-state index in [-0.39, 0.29) is 17.1 Å². The molecular weight excluding hydrogens is 335 g/mol. The Balaban J connectivity index is 1.76. The van der Waals surface area contributed by atoms with Gasteiger partial charge in [-0.15, -0.1) is 0 Å². The molecule has 3 aromatic heterocycles. The zero-order valence-corrected chi connectivity index (χ0v) is 13.6. The van der Waals surface area contributed by atoms with Crippen molar-refractivity contribution in [1.29, 1.82) is 0 Å². The molecule has 3 rings (SSSR count). The van der Waals surface area contributed by atoms with Crippen LogP contribution in [-0.2, 0) is 0 Å². The summed E-state index contributed by atoms with van der Waals surface area (Å²) in [5.74, 6) is 1.31. The Morgan fingerprint density at radius 1 is 1.17 bits per heavy atom. The predicted molar refractivity (Wildman–Crippen MR) is 87.7 cm³/mol. The second kappa shape index (κ2) is 6.75. The topological polar surface area (TPSA) is 104 Å². The maximum atomic E-state index is 12.9. The van der Waals surface area contributed by atoms with E-state index in [0.29, 0.717) is 17.5 Å². The molecule has 8 nitrogen and oxygen atoms in total. The fourth-order valence-corrected chi connectivity index (χ4v) is 2.15. The van der Waals surface area contributed by atoms with Crippen LogP contribution in [0.1, 0.15) is 24.5 Å². The summed E-state index contributed by atoms with van der Waals surface area (Å²) in [6.45, 7) is 3.70. The highest BCUT2D eigenvalue weighted by Gasteiger charge is 2.12. The quantitative estimate of drug-likeness (QED) is 0.609. The summed E-state index contributed by atoms with van der Waals surface area (Å²) in [5.41, 5.74) is 0.915. The highest BCUT2D eigenvalue weighted by Crippen LogP contribution is 2.20. The van der Waals surface area contributed by atoms with E-state index in [0.717, 1.165) is 18.1 Å². The molecule has 0 saturated heterocycles. The van der Waals surface area contributed by atoms with Crippen molar-refractivity contribution < 1.29 is 4.39 Å². The minimum absolute atomic E-state index is 0.259. The predicted octanol–water partition coefficient (Wildman–Crippen LogP) is 3.01. The number of hydrogen-bond donors (Lipinski definition) is 3. The molecule has 3 aromatic rings. The van der Waals surface area contributed by atoms with Crippen molar-refractivity contribution in [3.63, 3.8) is 0 Å². The lowest BCUT2D eigenvalue weighted by atomic mass is 10.3. The van der Waals surface area contributed by atoms with E-state index in [1.165, 1.54) is 0 Å². The molecule has 124 valence electrons. The molecule has 10 heteroatoms. The number of rotatable bonds is 5. The Kier molecular flexibility index (Phi) is 4.52. The smallest absolute Gasteiger partial charge is 0.226 e. The summed E-state index contributed by atoms with van der Waals surface area (Å²) in [7, 11) is 0. The van der Waals surface area contributed by atoms with Crippen molar-refractivity contribution in [2.75, 3.05) is 10.6 Å². The summed E-state index contributed by atoms with van der Waals surface area (Å²) >= 11 is 6.03. The lowest BCUT2D eigenvalue weighted by Gasteiger charge is -2.13. The van der Waals surface area contributed by atoms with Crippen LogP contribution < -0.4 is 10.6 Å². The van der Waals surface area contributed by atoms with Gasteiger partial charge in [-0.3, -0.25) is 5.10 Å². The van der Waals surface area contributed by atoms with Crippen molar-refractivity contribution in [2.24, 2.45) is 0 Å². The van der Waals surface area contributed by atoms with Crippen molar-refractivity contribution in [3.8, 4) is 0 Å². The van der Waals surface area contributed by atoms with Gasteiger partial charge in [0.15, 0.2) is 11.6 Å². The van der Waals surface area contributed by atoms with Gasteiger partial charge >= 0.3 is 0 Å². The van der Waals surface area contributed by atoms with Crippen LogP contribution in [0.15, 0.2) is 24.5 Å². The second-order valence-electron chi connectivity index (χ2n) is 5.09. The molecule has 0 amide bonds. The molecule has 3 heterocycles. The number of nitrogens with zero attached hydrogens (tertiary/aromatic N) is 5. The lowest BCUT2D eigenvalue weighted by Crippen LogP contribution is -2.13. The van der Waals surface area contributed by atoms with E-state index in [1.807, 2.05) is 19.9 Å². The first kappa shape index (κ1) is 16.1. The molecule has 0 bridgehead atoms. The fraction of sp³-hybridized carbons (Fsp3) is 0.214. The summed E-state index contributed by atoms with van der Waals surface area (Å²) in [5, 5.41) is 13.2. The van der Waals surface area contributed by atoms with Gasteiger partial charge in [-0.25, -0.2) is 19.3 Å². The maximum Gasteiger partial charge on any atom is 0.226 e. The highest BCUT2D eigenvalue weighted by molar-refractivity contribution is 6.29. The molecule has 0 aromatic carbocycles. The first-order valence-corrected chi connectivity index (χ1v) is 7.45. The number of halogens is 2. The zero-order chi connectivity index (χ0) is 17.1. The van der Waals surface area contributed by atoms with Crippen LogP contribution in [0.5, 0.6) is 0 Å². The largest absolute Gasteiger partial charge is 0.344 e. The Hall–Kier alpha value is -2.81. The van der Waals surface area contributed by atoms with Gasteiger partial charge in [-0.05, 0) is 13.8 Å². The third kappa shape index (κ3) is 3.93. The molecule has 24 heavy (non-hydrogen) atoms. The first-order chi connectivity index (χ1) is 11.5. The molecule has 1 atom stereocenters. The van der Waals surface area contributed by atoms with Gasteiger partial charge in [0.2, 0.25) is 5.95 Å². The van der Waals surface area contributed by atoms with Crippen LogP contribution in [0.25, 0.3) is 0 Å². The second-order valence-corrected chi connectivity index (χ2v) is 5.47. The number of aromatic nitrogens is 6. The Labute approximate surface area is 141 Å². The van der Waals surface area contributed by atoms with Gasteiger partial charge in [0.25, 0.3) is 0 Å². The molecule has 0 unspecified atom stereocenters. The fourth-order valence-electron chi connectivity index (χ4n) is 1.96. The number of aryl methyl sites for hydroxylation is 1. The number of anilines is 3. The van der Waals surface area contributed by atoms with E-state index in [9.17, 15) is 4.39 Å². The lowest BCUT2D eigenvalue weighted by molar-refractivity contribution is 0.604. The van der Waals surface area contributed by atoms with Gasteiger partial charge in [0.05, 0.1) is 18.4 Å². The Morgan fingerprint density at radius 2 is 1.92 bits per heavy atom. The van der Waals surface area contributed by atoms with E-state index >= 15 is 0 Å². The molecule has 0 aliphatic rings. The third-order valence-corrected chi connectivity index (χ3v) is 3.22. The van der Waals surface area contributed by atoms with Crippen LogP contribution >= 0.6 is 11.6 Å². The van der Waals surface area contributed by atoms with Crippen LogP contribution in [0.3, 0.4) is 0 Å². The number of H-pyrrole nitrogens is 1. The summed E-state index contributed by atoms with van der Waals surface area (Å²) in [6.07, 6.45) is 2.21. The first-order valence-electron chi connectivity index (χ1n) is 7.07. The van der Waals surface area contributed by atoms with Gasteiger partial charge in [-0.2, -0.15) is 10.1 Å². The standard InChI is InChI=1S/C14H14ClFN8/c1-7-3-12(24-23-7)21-11-4-10(15)20-14(22-11)19-8(2)13-17-5-9(16)6-18-13/h3-6,8H,1-2H3,(H3,19,20,21,22,23,24)/t8-/m0/s1. The third-order valence-electron chi connectivity index (χ3n) is 3.03. The van der Waals surface area contributed by atoms with E-state index in [2.05, 4.69) is 40.8 Å². The Morgan fingerprint density at radius 3 is 2.58 bits per heavy atom. The Bertz CT molecular complexity index is 835. The molecule has 0 spiro atoms. The van der Waals surface area contributed by atoms with E-state index in [4.69, 9.17) is 11.6 Å². The van der Waals surface area contributed by atoms with Crippen molar-refractivity contribution in [2.45, 2.75) is 19.9 Å². The average Bonchev–Trinajstić information content (AvgIpc) is 2.92. The minimum Gasteiger partial charge on any atom is -0.344 e. The molecule has 3 N–H and O–H groups in total. The summed E-state index contributed by atoms with van der Waals surface area (Å²) < 4.78 is 12.9. The molecule has 0 aliphatic heterocycles. The summed E-state index contributed by atoms with van der Waals surface area (Å²) in [6, 6.07) is 3.08. The monoisotopic (exact) mass is 348 g/mol. The zero-order valence-electron chi connectivity index (χ0n) is 12.9. The van der Waals surface area contributed by atoms with Crippen LogP contribution in [-0.4, -0.2) is 30.1 Å². The molecule has 0 fully saturated rings. The number of nitrogens with one attached hydrogen (secondary N) is 3. The highest BCUT2D eigenvalue weighted by atomic mass is 35.5. The van der Waals surface area contributed by atoms with Crippen LogP contribution in [0.2, 0.25) is 5.15 Å². The van der Waals surface area contributed by atoms with E-state index < -0.39 is 5.82 Å². The number of hydrogen-bond acceptors (Lipinski definition) is 7. The van der Waals surface area contributed by atoms with Gasteiger partial charge in [0.1, 0.15) is 16.8 Å². The van der Waals surface area contributed by atoms with E-state index in [1.54, 1.807) is 6.07 Å². The van der Waals surface area contributed by atoms with Crippen molar-refractivity contribution >= 4 is 29.2 Å². The molecule has 0 radical (unpaired) electrons. The van der Waals surface area contributed by atoms with Gasteiger partial charge < -0.3 is 10.6 Å². The average molecular weight is 349 g/mol. The minimum atomic E-state index is -0.495. The molecule has 0 aliphatic carbocycles. The summed E-state index contributed by atoms with van der Waals surface area (Å²) in [4.78, 5) is 16.3. The van der Waals surface area contributed by atoms with Crippen LogP contribution in [0.4, 0.5) is 22.0 Å². The van der Waals surface area contributed by atoms with Gasteiger partial charge in [-0.1, -0.05) is 11.6 Å². The van der Waals surface area contributed by atoms with Crippen molar-refractivity contribution in [1.82, 2.24) is 30.1 Å². The SMILES string of the molecule is Cc1cc(Nc2cc(Cl)nc(N[C@@H](C)c3ncc(F)cn3)n2)n[nH]1. The van der Waals surface area contributed by atoms with Crippen LogP contribution in [0, 0.1) is 12.7 Å². The van der Waals surface area contributed by atoms with Crippen molar-refractivity contribution in [3.05, 3.63) is 47.0 Å². The number of aromatic amines is 1. The normalized spacial score (nSPS) is 12.0. The molecular formula is C14H14ClFN8. The van der Waals surface area contributed by atoms with Gasteiger partial charge in [0, 0.05) is 17.8 Å². The maximum absolute atomic E-state index is 12.9. The molecule has 0 saturated carbocycles.